The van der Waals surface area contributed by atoms with Crippen LogP contribution in [0.15, 0.2) is 0 Å². The van der Waals surface area contributed by atoms with Crippen LogP contribution in [0.1, 0.15) is 46.0 Å². The highest BCUT2D eigenvalue weighted by atomic mass is 14.7. The fraction of sp³-hybridized carbons (Fsp3) is 1.00. The Morgan fingerprint density at radius 1 is 1.40 bits per heavy atom. The Balaban J connectivity index is 2.61. The molecule has 0 heterocycles. The van der Waals surface area contributed by atoms with Crippen LogP contribution in [0.4, 0.5) is 0 Å². The number of hydrogen-bond donors (Lipinski definition) is 1. The van der Waals surface area contributed by atoms with Crippen molar-refractivity contribution in [3.63, 3.8) is 0 Å². The van der Waals surface area contributed by atoms with E-state index in [9.17, 15) is 0 Å². The van der Waals surface area contributed by atoms with Gasteiger partial charge in [0, 0.05) is 6.04 Å². The van der Waals surface area contributed by atoms with Crippen molar-refractivity contribution in [2.24, 2.45) is 11.1 Å². The molecule has 1 fully saturated rings. The molecule has 0 radical (unpaired) electrons. The lowest BCUT2D eigenvalue weighted by molar-refractivity contribution is 0.237. The zero-order valence-corrected chi connectivity index (χ0v) is 7.19. The SMILES string of the molecule is CCC1(CC)CCCC1N. The van der Waals surface area contributed by atoms with Crippen LogP contribution in [-0.2, 0) is 0 Å². The van der Waals surface area contributed by atoms with Gasteiger partial charge in [0.05, 0.1) is 0 Å². The first kappa shape index (κ1) is 8.06. The summed E-state index contributed by atoms with van der Waals surface area (Å²) in [6, 6.07) is 0.488. The van der Waals surface area contributed by atoms with E-state index in [1.54, 1.807) is 0 Å². The lowest BCUT2D eigenvalue weighted by Gasteiger charge is -2.30. The van der Waals surface area contributed by atoms with Gasteiger partial charge in [0.15, 0.2) is 0 Å². The van der Waals surface area contributed by atoms with Crippen molar-refractivity contribution in [3.8, 4) is 0 Å². The first-order valence-electron chi connectivity index (χ1n) is 4.51. The molecule has 0 aromatic rings. The topological polar surface area (TPSA) is 26.0 Å². The number of nitrogens with two attached hydrogens (primary N) is 1. The van der Waals surface area contributed by atoms with Gasteiger partial charge < -0.3 is 5.73 Å². The summed E-state index contributed by atoms with van der Waals surface area (Å²) in [6.45, 7) is 4.54. The second-order valence-corrected chi connectivity index (χ2v) is 3.57. The molecule has 1 nitrogen and oxygen atoms in total. The van der Waals surface area contributed by atoms with Crippen molar-refractivity contribution < 1.29 is 0 Å². The zero-order chi connectivity index (χ0) is 7.61. The van der Waals surface area contributed by atoms with Crippen molar-refractivity contribution in [2.45, 2.75) is 52.0 Å². The number of hydrogen-bond acceptors (Lipinski definition) is 1. The van der Waals surface area contributed by atoms with Crippen molar-refractivity contribution in [3.05, 3.63) is 0 Å². The van der Waals surface area contributed by atoms with E-state index in [1.807, 2.05) is 0 Å². The van der Waals surface area contributed by atoms with Crippen molar-refractivity contribution in [2.75, 3.05) is 0 Å². The molecule has 0 aromatic heterocycles. The summed E-state index contributed by atoms with van der Waals surface area (Å²) in [6.07, 6.45) is 6.50. The van der Waals surface area contributed by atoms with Crippen LogP contribution in [0.3, 0.4) is 0 Å². The maximum Gasteiger partial charge on any atom is 0.00953 e. The Labute approximate surface area is 64.0 Å². The third-order valence-electron chi connectivity index (χ3n) is 3.38. The molecule has 1 aliphatic carbocycles. The summed E-state index contributed by atoms with van der Waals surface area (Å²) >= 11 is 0. The predicted octanol–water partition coefficient (Wildman–Crippen LogP) is 2.30. The van der Waals surface area contributed by atoms with Crippen molar-refractivity contribution in [1.82, 2.24) is 0 Å². The Morgan fingerprint density at radius 3 is 2.20 bits per heavy atom. The minimum absolute atomic E-state index is 0.488. The van der Waals surface area contributed by atoms with Gasteiger partial charge in [-0.2, -0.15) is 0 Å². The molecule has 0 amide bonds. The van der Waals surface area contributed by atoms with Gasteiger partial charge in [-0.25, -0.2) is 0 Å². The highest BCUT2D eigenvalue weighted by molar-refractivity contribution is 4.92. The highest BCUT2D eigenvalue weighted by Gasteiger charge is 2.37. The van der Waals surface area contributed by atoms with Crippen molar-refractivity contribution >= 4 is 0 Å². The van der Waals surface area contributed by atoms with E-state index in [4.69, 9.17) is 5.73 Å². The van der Waals surface area contributed by atoms with E-state index < -0.39 is 0 Å². The van der Waals surface area contributed by atoms with Gasteiger partial charge >= 0.3 is 0 Å². The normalized spacial score (nSPS) is 30.9. The molecule has 1 heteroatoms. The van der Waals surface area contributed by atoms with E-state index in [0.29, 0.717) is 11.5 Å². The fourth-order valence-corrected chi connectivity index (χ4v) is 2.29. The summed E-state index contributed by atoms with van der Waals surface area (Å²) in [5.74, 6) is 0. The molecule has 60 valence electrons. The van der Waals surface area contributed by atoms with Gasteiger partial charge in [-0.15, -0.1) is 0 Å². The van der Waals surface area contributed by atoms with Gasteiger partial charge in [0.1, 0.15) is 0 Å². The molecule has 2 N–H and O–H groups in total. The quantitative estimate of drug-likeness (QED) is 0.627. The molecule has 0 bridgehead atoms. The van der Waals surface area contributed by atoms with Gasteiger partial charge in [-0.05, 0) is 31.1 Å². The lowest BCUT2D eigenvalue weighted by atomic mass is 9.78. The van der Waals surface area contributed by atoms with Crippen molar-refractivity contribution in [1.29, 1.82) is 0 Å². The van der Waals surface area contributed by atoms with Crippen LogP contribution in [0.5, 0.6) is 0 Å². The van der Waals surface area contributed by atoms with E-state index in [2.05, 4.69) is 13.8 Å². The predicted molar refractivity (Wildman–Crippen MR) is 44.8 cm³/mol. The molecule has 1 unspecified atom stereocenters. The minimum Gasteiger partial charge on any atom is -0.327 e. The first-order chi connectivity index (χ1) is 4.75. The summed E-state index contributed by atoms with van der Waals surface area (Å²) in [5, 5.41) is 0. The van der Waals surface area contributed by atoms with Crippen LogP contribution >= 0.6 is 0 Å². The molecule has 0 aromatic carbocycles. The molecular formula is C9H19N. The summed E-state index contributed by atoms with van der Waals surface area (Å²) < 4.78 is 0. The standard InChI is InChI=1S/C9H19N/c1-3-9(4-2)7-5-6-8(9)10/h8H,3-7,10H2,1-2H3. The van der Waals surface area contributed by atoms with Gasteiger partial charge in [0.25, 0.3) is 0 Å². The lowest BCUT2D eigenvalue weighted by Crippen LogP contribution is -2.35. The average molecular weight is 141 g/mol. The smallest absolute Gasteiger partial charge is 0.00953 e. The molecular weight excluding hydrogens is 122 g/mol. The molecule has 0 saturated heterocycles. The van der Waals surface area contributed by atoms with Gasteiger partial charge in [-0.1, -0.05) is 20.3 Å². The molecule has 10 heavy (non-hydrogen) atoms. The summed E-state index contributed by atoms with van der Waals surface area (Å²) in [4.78, 5) is 0. The molecule has 1 atom stereocenters. The second-order valence-electron chi connectivity index (χ2n) is 3.57. The molecule has 1 saturated carbocycles. The molecule has 1 aliphatic rings. The van der Waals surface area contributed by atoms with Crippen LogP contribution in [0.2, 0.25) is 0 Å². The van der Waals surface area contributed by atoms with E-state index >= 15 is 0 Å². The number of rotatable bonds is 2. The van der Waals surface area contributed by atoms with E-state index in [0.717, 1.165) is 0 Å². The van der Waals surface area contributed by atoms with Crippen LogP contribution < -0.4 is 5.73 Å². The Bertz CT molecular complexity index is 105. The Morgan fingerprint density at radius 2 is 2.00 bits per heavy atom. The molecule has 1 rings (SSSR count). The third kappa shape index (κ3) is 1.07. The second kappa shape index (κ2) is 2.91. The maximum absolute atomic E-state index is 6.04. The molecule has 0 spiro atoms. The summed E-state index contributed by atoms with van der Waals surface area (Å²) in [5.41, 5.74) is 6.55. The van der Waals surface area contributed by atoms with Gasteiger partial charge in [0.2, 0.25) is 0 Å². The molecule has 0 aliphatic heterocycles. The van der Waals surface area contributed by atoms with E-state index in [-0.39, 0.29) is 0 Å². The highest BCUT2D eigenvalue weighted by Crippen LogP contribution is 2.42. The third-order valence-corrected chi connectivity index (χ3v) is 3.38. The fourth-order valence-electron chi connectivity index (χ4n) is 2.29. The first-order valence-corrected chi connectivity index (χ1v) is 4.51. The maximum atomic E-state index is 6.04. The average Bonchev–Trinajstić information content (AvgIpc) is 2.32. The van der Waals surface area contributed by atoms with Gasteiger partial charge in [-0.3, -0.25) is 0 Å². The Kier molecular flexibility index (Phi) is 2.35. The van der Waals surface area contributed by atoms with Crippen LogP contribution in [0, 0.1) is 5.41 Å². The summed E-state index contributed by atoms with van der Waals surface area (Å²) in [7, 11) is 0. The van der Waals surface area contributed by atoms with Crippen LogP contribution in [-0.4, -0.2) is 6.04 Å². The minimum atomic E-state index is 0.488. The zero-order valence-electron chi connectivity index (χ0n) is 7.19. The van der Waals surface area contributed by atoms with Crippen LogP contribution in [0.25, 0.3) is 0 Å². The monoisotopic (exact) mass is 141 g/mol. The largest absolute Gasteiger partial charge is 0.327 e. The van der Waals surface area contributed by atoms with E-state index in [1.165, 1.54) is 32.1 Å². The Hall–Kier alpha value is -0.0400.